The van der Waals surface area contributed by atoms with Gasteiger partial charge in [-0.2, -0.15) is 0 Å². The van der Waals surface area contributed by atoms with E-state index in [2.05, 4.69) is 4.98 Å². The molecule has 0 N–H and O–H groups in total. The van der Waals surface area contributed by atoms with Gasteiger partial charge in [-0.1, -0.05) is 29.8 Å². The van der Waals surface area contributed by atoms with Crippen LogP contribution in [0.3, 0.4) is 0 Å². The number of ether oxygens (including phenoxy) is 1. The molecule has 2 aromatic heterocycles. The number of benzene rings is 2. The minimum absolute atomic E-state index is 0.0635. The number of aryl methyl sites for hydroxylation is 2. The zero-order chi connectivity index (χ0) is 22.4. The molecule has 0 bridgehead atoms. The number of fused-ring (bicyclic) bond motifs is 2. The molecule has 5 rings (SSSR count). The van der Waals surface area contributed by atoms with Crippen LogP contribution in [0.1, 0.15) is 45.9 Å². The van der Waals surface area contributed by atoms with Gasteiger partial charge >= 0.3 is 0 Å². The molecular formula is C26H22N2O4. The van der Waals surface area contributed by atoms with Crippen molar-refractivity contribution in [3.05, 3.63) is 99.0 Å². The van der Waals surface area contributed by atoms with Gasteiger partial charge < -0.3 is 9.15 Å². The van der Waals surface area contributed by atoms with Crippen LogP contribution in [0.4, 0.5) is 5.82 Å². The molecule has 4 aromatic rings. The van der Waals surface area contributed by atoms with Crippen LogP contribution in [0.15, 0.2) is 69.9 Å². The maximum Gasteiger partial charge on any atom is 0.296 e. The Morgan fingerprint density at radius 3 is 2.53 bits per heavy atom. The number of amides is 1. The second kappa shape index (κ2) is 7.64. The van der Waals surface area contributed by atoms with E-state index in [-0.39, 0.29) is 17.1 Å². The lowest BCUT2D eigenvalue weighted by atomic mass is 9.98. The van der Waals surface area contributed by atoms with Gasteiger partial charge in [0.25, 0.3) is 5.91 Å². The van der Waals surface area contributed by atoms with E-state index in [1.807, 2.05) is 63.2 Å². The van der Waals surface area contributed by atoms with Gasteiger partial charge in [-0.3, -0.25) is 14.5 Å². The standard InChI is InChI=1S/C26H22N2O4/c1-4-31-18-11-9-17(10-12-18)23-22-24(29)19-14-15(2)8-13-20(19)32-25(22)26(30)28(23)21-7-5-6-16(3)27-21/h5-14,23H,4H2,1-3H3. The van der Waals surface area contributed by atoms with Gasteiger partial charge in [0, 0.05) is 5.69 Å². The molecule has 32 heavy (non-hydrogen) atoms. The van der Waals surface area contributed by atoms with E-state index in [1.165, 1.54) is 0 Å². The Morgan fingerprint density at radius 2 is 1.81 bits per heavy atom. The van der Waals surface area contributed by atoms with Crippen molar-refractivity contribution in [2.45, 2.75) is 26.8 Å². The van der Waals surface area contributed by atoms with E-state index in [1.54, 1.807) is 23.1 Å². The van der Waals surface area contributed by atoms with Gasteiger partial charge in [0.15, 0.2) is 5.43 Å². The van der Waals surface area contributed by atoms with Crippen molar-refractivity contribution in [2.75, 3.05) is 11.5 Å². The highest BCUT2D eigenvalue weighted by atomic mass is 16.5. The number of aromatic nitrogens is 1. The molecule has 1 aliphatic heterocycles. The summed E-state index contributed by atoms with van der Waals surface area (Å²) in [4.78, 5) is 33.3. The quantitative estimate of drug-likeness (QED) is 0.462. The fraction of sp³-hybridized carbons (Fsp3) is 0.192. The molecule has 0 spiro atoms. The van der Waals surface area contributed by atoms with Crippen molar-refractivity contribution in [3.8, 4) is 5.75 Å². The first-order chi connectivity index (χ1) is 15.5. The topological polar surface area (TPSA) is 72.6 Å². The van der Waals surface area contributed by atoms with Crippen molar-refractivity contribution in [3.63, 3.8) is 0 Å². The highest BCUT2D eigenvalue weighted by Crippen LogP contribution is 2.41. The van der Waals surface area contributed by atoms with Crippen LogP contribution in [0.25, 0.3) is 11.0 Å². The number of hydrogen-bond donors (Lipinski definition) is 0. The molecule has 6 nitrogen and oxygen atoms in total. The summed E-state index contributed by atoms with van der Waals surface area (Å²) in [7, 11) is 0. The van der Waals surface area contributed by atoms with Gasteiger partial charge in [-0.25, -0.2) is 4.98 Å². The van der Waals surface area contributed by atoms with Gasteiger partial charge in [0.1, 0.15) is 17.2 Å². The van der Waals surface area contributed by atoms with E-state index in [0.717, 1.165) is 22.6 Å². The molecule has 0 saturated carbocycles. The summed E-state index contributed by atoms with van der Waals surface area (Å²) in [6, 6.07) is 17.7. The van der Waals surface area contributed by atoms with Crippen molar-refractivity contribution in [1.82, 2.24) is 4.98 Å². The molecule has 0 aliphatic carbocycles. The minimum Gasteiger partial charge on any atom is -0.494 e. The first kappa shape index (κ1) is 20.0. The molecule has 6 heteroatoms. The van der Waals surface area contributed by atoms with Crippen molar-refractivity contribution in [1.29, 1.82) is 0 Å². The molecule has 160 valence electrons. The second-order valence-corrected chi connectivity index (χ2v) is 7.89. The minimum atomic E-state index is -0.649. The van der Waals surface area contributed by atoms with Crippen LogP contribution in [-0.2, 0) is 0 Å². The van der Waals surface area contributed by atoms with Gasteiger partial charge in [0.2, 0.25) is 5.76 Å². The van der Waals surface area contributed by atoms with E-state index < -0.39 is 6.04 Å². The Balaban J connectivity index is 1.77. The summed E-state index contributed by atoms with van der Waals surface area (Å²) in [5.74, 6) is 0.882. The third-order valence-corrected chi connectivity index (χ3v) is 5.65. The Hall–Kier alpha value is -3.93. The van der Waals surface area contributed by atoms with Crippen LogP contribution in [-0.4, -0.2) is 17.5 Å². The number of pyridine rings is 1. The smallest absolute Gasteiger partial charge is 0.296 e. The Bertz CT molecular complexity index is 1410. The zero-order valence-electron chi connectivity index (χ0n) is 18.1. The van der Waals surface area contributed by atoms with Crippen LogP contribution in [0.5, 0.6) is 5.75 Å². The van der Waals surface area contributed by atoms with Crippen molar-refractivity contribution >= 4 is 22.7 Å². The van der Waals surface area contributed by atoms with Gasteiger partial charge in [-0.05, 0) is 62.7 Å². The average Bonchev–Trinajstić information content (AvgIpc) is 3.08. The lowest BCUT2D eigenvalue weighted by Crippen LogP contribution is -2.30. The molecule has 1 unspecified atom stereocenters. The number of carbonyl (C=O) groups excluding carboxylic acids is 1. The molecule has 1 amide bonds. The molecule has 2 aromatic carbocycles. The van der Waals surface area contributed by atoms with Crippen molar-refractivity contribution in [2.24, 2.45) is 0 Å². The third-order valence-electron chi connectivity index (χ3n) is 5.65. The summed E-state index contributed by atoms with van der Waals surface area (Å²) in [5.41, 5.74) is 3.04. The van der Waals surface area contributed by atoms with Crippen LogP contribution in [0, 0.1) is 13.8 Å². The predicted molar refractivity (Wildman–Crippen MR) is 122 cm³/mol. The van der Waals surface area contributed by atoms with Gasteiger partial charge in [-0.15, -0.1) is 0 Å². The Morgan fingerprint density at radius 1 is 1.03 bits per heavy atom. The van der Waals surface area contributed by atoms with Crippen LogP contribution < -0.4 is 15.1 Å². The number of anilines is 1. The molecular weight excluding hydrogens is 404 g/mol. The lowest BCUT2D eigenvalue weighted by Gasteiger charge is -2.24. The molecule has 0 radical (unpaired) electrons. The van der Waals surface area contributed by atoms with Crippen LogP contribution in [0.2, 0.25) is 0 Å². The number of nitrogens with zero attached hydrogens (tertiary/aromatic N) is 2. The SMILES string of the molecule is CCOc1ccc(C2c3c(oc4ccc(C)cc4c3=O)C(=O)N2c2cccc(C)n2)cc1. The Kier molecular flexibility index (Phi) is 4.78. The fourth-order valence-corrected chi connectivity index (χ4v) is 4.21. The second-order valence-electron chi connectivity index (χ2n) is 7.89. The maximum absolute atomic E-state index is 13.6. The highest BCUT2D eigenvalue weighted by Gasteiger charge is 2.44. The number of carbonyl (C=O) groups is 1. The van der Waals surface area contributed by atoms with E-state index in [9.17, 15) is 9.59 Å². The third kappa shape index (κ3) is 3.15. The van der Waals surface area contributed by atoms with E-state index >= 15 is 0 Å². The Labute approximate surface area is 185 Å². The van der Waals surface area contributed by atoms with E-state index in [0.29, 0.717) is 29.0 Å². The summed E-state index contributed by atoms with van der Waals surface area (Å²) in [6.07, 6.45) is 0. The predicted octanol–water partition coefficient (Wildman–Crippen LogP) is 4.95. The first-order valence-electron chi connectivity index (χ1n) is 10.5. The summed E-state index contributed by atoms with van der Waals surface area (Å²) in [5, 5.41) is 0.464. The highest BCUT2D eigenvalue weighted by molar-refractivity contribution is 6.10. The zero-order valence-corrected chi connectivity index (χ0v) is 18.1. The summed E-state index contributed by atoms with van der Waals surface area (Å²) in [6.45, 7) is 6.26. The summed E-state index contributed by atoms with van der Waals surface area (Å²) < 4.78 is 11.6. The van der Waals surface area contributed by atoms with Crippen LogP contribution >= 0.6 is 0 Å². The molecule has 1 atom stereocenters. The van der Waals surface area contributed by atoms with Gasteiger partial charge in [0.05, 0.1) is 23.6 Å². The molecule has 3 heterocycles. The fourth-order valence-electron chi connectivity index (χ4n) is 4.21. The number of rotatable bonds is 4. The maximum atomic E-state index is 13.6. The molecule has 0 fully saturated rings. The van der Waals surface area contributed by atoms with Crippen molar-refractivity contribution < 1.29 is 13.9 Å². The first-order valence-corrected chi connectivity index (χ1v) is 10.5. The normalized spacial score (nSPS) is 15.3. The molecule has 1 aliphatic rings. The monoisotopic (exact) mass is 426 g/mol. The lowest BCUT2D eigenvalue weighted by molar-refractivity contribution is 0.0970. The number of hydrogen-bond acceptors (Lipinski definition) is 5. The molecule has 0 saturated heterocycles. The summed E-state index contributed by atoms with van der Waals surface area (Å²) >= 11 is 0. The van der Waals surface area contributed by atoms with E-state index in [4.69, 9.17) is 9.15 Å². The average molecular weight is 426 g/mol. The largest absolute Gasteiger partial charge is 0.494 e.